The monoisotopic (exact) mass is 318 g/mol. The van der Waals surface area contributed by atoms with Gasteiger partial charge in [0.05, 0.1) is 11.1 Å². The third-order valence-electron chi connectivity index (χ3n) is 3.82. The zero-order valence-electron chi connectivity index (χ0n) is 12.7. The van der Waals surface area contributed by atoms with Crippen LogP contribution in [0.5, 0.6) is 0 Å². The quantitative estimate of drug-likeness (QED) is 0.566. The van der Waals surface area contributed by atoms with Gasteiger partial charge in [-0.3, -0.25) is 0 Å². The number of nitrogen functional groups attached to an aromatic ring is 1. The number of hydrogen-bond donors (Lipinski definition) is 2. The number of aromatic nitrogens is 3. The van der Waals surface area contributed by atoms with Crippen LogP contribution in [-0.2, 0) is 11.3 Å². The van der Waals surface area contributed by atoms with Crippen LogP contribution in [0.25, 0.3) is 21.8 Å². The minimum absolute atomic E-state index is 0.0344. The summed E-state index contributed by atoms with van der Waals surface area (Å²) in [6, 6.07) is 15.0. The lowest BCUT2D eigenvalue weighted by atomic mass is 10.2. The summed E-state index contributed by atoms with van der Waals surface area (Å²) in [5.41, 5.74) is 8.03. The van der Waals surface area contributed by atoms with E-state index in [1.165, 1.54) is 0 Å². The van der Waals surface area contributed by atoms with Crippen LogP contribution in [0, 0.1) is 0 Å². The van der Waals surface area contributed by atoms with Crippen LogP contribution in [0.15, 0.2) is 54.7 Å². The fourth-order valence-corrected chi connectivity index (χ4v) is 2.66. The molecule has 0 aliphatic heterocycles. The Labute approximate surface area is 137 Å². The summed E-state index contributed by atoms with van der Waals surface area (Å²) in [7, 11) is 0. The normalized spacial score (nSPS) is 11.0. The number of aromatic amines is 1. The van der Waals surface area contributed by atoms with Gasteiger partial charge in [0.1, 0.15) is 5.82 Å². The molecule has 24 heavy (non-hydrogen) atoms. The Kier molecular flexibility index (Phi) is 3.35. The molecule has 0 aliphatic carbocycles. The molecule has 0 fully saturated rings. The van der Waals surface area contributed by atoms with Gasteiger partial charge in [-0.05, 0) is 18.2 Å². The standard InChI is InChI=1S/C18H14N4O2/c19-17-12-6-2-4-8-15(12)21-16(22-17)10-24-18(23)13-9-20-14-7-3-1-5-11(13)14/h1-9,20H,10H2,(H2,19,21,22). The molecule has 0 bridgehead atoms. The molecule has 2 heterocycles. The van der Waals surface area contributed by atoms with Gasteiger partial charge >= 0.3 is 5.97 Å². The number of nitrogens with one attached hydrogen (secondary N) is 1. The predicted molar refractivity (Wildman–Crippen MR) is 91.4 cm³/mol. The smallest absolute Gasteiger partial charge is 0.340 e. The summed E-state index contributed by atoms with van der Waals surface area (Å²) in [5, 5.41) is 1.60. The van der Waals surface area contributed by atoms with Crippen LogP contribution in [0.3, 0.4) is 0 Å². The van der Waals surface area contributed by atoms with E-state index in [2.05, 4.69) is 15.0 Å². The number of ether oxygens (including phenoxy) is 1. The Morgan fingerprint density at radius 2 is 1.79 bits per heavy atom. The van der Waals surface area contributed by atoms with E-state index >= 15 is 0 Å². The number of hydrogen-bond acceptors (Lipinski definition) is 5. The Morgan fingerprint density at radius 3 is 2.67 bits per heavy atom. The highest BCUT2D eigenvalue weighted by atomic mass is 16.5. The van der Waals surface area contributed by atoms with Gasteiger partial charge in [0.25, 0.3) is 0 Å². The summed E-state index contributed by atoms with van der Waals surface area (Å²) in [6.07, 6.45) is 1.64. The second-order valence-corrected chi connectivity index (χ2v) is 5.37. The van der Waals surface area contributed by atoms with Crippen molar-refractivity contribution in [3.8, 4) is 0 Å². The highest BCUT2D eigenvalue weighted by Crippen LogP contribution is 2.20. The predicted octanol–water partition coefficient (Wildman–Crippen LogP) is 3.05. The number of anilines is 1. The van der Waals surface area contributed by atoms with Crippen LogP contribution in [0.1, 0.15) is 16.2 Å². The molecule has 4 aromatic rings. The van der Waals surface area contributed by atoms with Crippen molar-refractivity contribution >= 4 is 33.6 Å². The maximum absolute atomic E-state index is 12.3. The number of esters is 1. The third kappa shape index (κ3) is 2.44. The molecule has 0 saturated carbocycles. The SMILES string of the molecule is Nc1nc(COC(=O)c2c[nH]c3ccccc23)nc2ccccc12. The summed E-state index contributed by atoms with van der Waals surface area (Å²) < 4.78 is 5.34. The number of nitrogens with zero attached hydrogens (tertiary/aromatic N) is 2. The number of rotatable bonds is 3. The lowest BCUT2D eigenvalue weighted by Crippen LogP contribution is -2.08. The fourth-order valence-electron chi connectivity index (χ4n) is 2.66. The molecule has 0 atom stereocenters. The maximum atomic E-state index is 12.3. The van der Waals surface area contributed by atoms with E-state index in [0.717, 1.165) is 21.8 Å². The van der Waals surface area contributed by atoms with Crippen LogP contribution in [-0.4, -0.2) is 20.9 Å². The van der Waals surface area contributed by atoms with Crippen LogP contribution in [0.4, 0.5) is 5.82 Å². The van der Waals surface area contributed by atoms with Crippen molar-refractivity contribution in [2.24, 2.45) is 0 Å². The molecular formula is C18H14N4O2. The number of carbonyl (C=O) groups is 1. The Hall–Kier alpha value is -3.41. The first-order valence-corrected chi connectivity index (χ1v) is 7.47. The zero-order chi connectivity index (χ0) is 16.5. The molecule has 0 aliphatic rings. The number of H-pyrrole nitrogens is 1. The molecule has 2 aromatic carbocycles. The Bertz CT molecular complexity index is 1060. The molecule has 0 spiro atoms. The average molecular weight is 318 g/mol. The van der Waals surface area contributed by atoms with E-state index in [-0.39, 0.29) is 6.61 Å². The van der Waals surface area contributed by atoms with Crippen molar-refractivity contribution < 1.29 is 9.53 Å². The molecule has 0 radical (unpaired) electrons. The maximum Gasteiger partial charge on any atom is 0.340 e. The molecule has 0 unspecified atom stereocenters. The second kappa shape index (κ2) is 5.66. The van der Waals surface area contributed by atoms with Gasteiger partial charge in [-0.1, -0.05) is 30.3 Å². The van der Waals surface area contributed by atoms with E-state index in [1.54, 1.807) is 6.20 Å². The van der Waals surface area contributed by atoms with Gasteiger partial charge in [0, 0.05) is 22.5 Å². The van der Waals surface area contributed by atoms with Crippen molar-refractivity contribution in [2.75, 3.05) is 5.73 Å². The number of fused-ring (bicyclic) bond motifs is 2. The topological polar surface area (TPSA) is 93.9 Å². The van der Waals surface area contributed by atoms with Gasteiger partial charge in [-0.25, -0.2) is 14.8 Å². The van der Waals surface area contributed by atoms with Crippen molar-refractivity contribution in [3.05, 3.63) is 66.1 Å². The summed E-state index contributed by atoms with van der Waals surface area (Å²) in [4.78, 5) is 23.9. The summed E-state index contributed by atoms with van der Waals surface area (Å²) >= 11 is 0. The highest BCUT2D eigenvalue weighted by Gasteiger charge is 2.14. The van der Waals surface area contributed by atoms with E-state index in [1.807, 2.05) is 48.5 Å². The third-order valence-corrected chi connectivity index (χ3v) is 3.82. The van der Waals surface area contributed by atoms with Crippen LogP contribution >= 0.6 is 0 Å². The van der Waals surface area contributed by atoms with Gasteiger partial charge in [-0.15, -0.1) is 0 Å². The lowest BCUT2D eigenvalue weighted by Gasteiger charge is -2.06. The highest BCUT2D eigenvalue weighted by molar-refractivity contribution is 6.04. The van der Waals surface area contributed by atoms with Gasteiger partial charge in [0.15, 0.2) is 12.4 Å². The van der Waals surface area contributed by atoms with Crippen molar-refractivity contribution in [1.29, 1.82) is 0 Å². The van der Waals surface area contributed by atoms with Gasteiger partial charge in [-0.2, -0.15) is 0 Å². The number of para-hydroxylation sites is 2. The van der Waals surface area contributed by atoms with Crippen molar-refractivity contribution in [2.45, 2.75) is 6.61 Å². The van der Waals surface area contributed by atoms with Crippen LogP contribution in [0.2, 0.25) is 0 Å². The number of nitrogens with two attached hydrogens (primary N) is 1. The molecule has 4 rings (SSSR count). The number of carbonyl (C=O) groups excluding carboxylic acids is 1. The van der Waals surface area contributed by atoms with Crippen molar-refractivity contribution in [1.82, 2.24) is 15.0 Å². The molecule has 6 nitrogen and oxygen atoms in total. The van der Waals surface area contributed by atoms with Crippen LogP contribution < -0.4 is 5.73 Å². The molecule has 0 amide bonds. The molecule has 2 aromatic heterocycles. The zero-order valence-corrected chi connectivity index (χ0v) is 12.7. The molecule has 0 saturated heterocycles. The first kappa shape index (κ1) is 14.2. The largest absolute Gasteiger partial charge is 0.454 e. The number of benzene rings is 2. The average Bonchev–Trinajstić information content (AvgIpc) is 3.04. The second-order valence-electron chi connectivity index (χ2n) is 5.37. The molecular weight excluding hydrogens is 304 g/mol. The van der Waals surface area contributed by atoms with E-state index < -0.39 is 5.97 Å². The fraction of sp³-hybridized carbons (Fsp3) is 0.0556. The van der Waals surface area contributed by atoms with Gasteiger partial charge < -0.3 is 15.5 Å². The minimum Gasteiger partial charge on any atom is -0.454 e. The van der Waals surface area contributed by atoms with E-state index in [4.69, 9.17) is 10.5 Å². The minimum atomic E-state index is -0.428. The van der Waals surface area contributed by atoms with Gasteiger partial charge in [0.2, 0.25) is 0 Å². The molecule has 118 valence electrons. The molecule has 6 heteroatoms. The van der Waals surface area contributed by atoms with Crippen molar-refractivity contribution in [3.63, 3.8) is 0 Å². The first-order chi connectivity index (χ1) is 11.7. The Morgan fingerprint density at radius 1 is 1.04 bits per heavy atom. The summed E-state index contributed by atoms with van der Waals surface area (Å²) in [5.74, 6) is 0.320. The molecule has 3 N–H and O–H groups in total. The summed E-state index contributed by atoms with van der Waals surface area (Å²) in [6.45, 7) is -0.0344. The van der Waals surface area contributed by atoms with E-state index in [0.29, 0.717) is 17.2 Å². The van der Waals surface area contributed by atoms with E-state index in [9.17, 15) is 4.79 Å². The Balaban J connectivity index is 1.57. The first-order valence-electron chi connectivity index (χ1n) is 7.47. The lowest BCUT2D eigenvalue weighted by molar-refractivity contribution is 0.0465.